The van der Waals surface area contributed by atoms with Crippen molar-refractivity contribution >= 4 is 34.1 Å². The van der Waals surface area contributed by atoms with Crippen LogP contribution in [0.4, 0.5) is 5.82 Å². The maximum Gasteiger partial charge on any atom is 0.181 e. The molecular weight excluding hydrogens is 452 g/mol. The van der Waals surface area contributed by atoms with Gasteiger partial charge in [-0.3, -0.25) is 0 Å². The molecule has 2 saturated heterocycles. The lowest BCUT2D eigenvalue weighted by Crippen LogP contribution is -2.30. The summed E-state index contributed by atoms with van der Waals surface area (Å²) in [4.78, 5) is 9.94. The molecule has 4 atom stereocenters. The molecule has 1 aromatic carbocycles. The van der Waals surface area contributed by atoms with Crippen LogP contribution in [0.2, 0.25) is 0 Å². The van der Waals surface area contributed by atoms with E-state index in [4.69, 9.17) is 31.5 Å². The predicted octanol–water partition coefficient (Wildman–Crippen LogP) is 3.42. The summed E-state index contributed by atoms with van der Waals surface area (Å²) >= 11 is 5.51. The van der Waals surface area contributed by atoms with E-state index in [0.29, 0.717) is 24.1 Å². The third-order valence-corrected chi connectivity index (χ3v) is 6.66. The number of hydrogen-bond acceptors (Lipinski definition) is 8. The smallest absolute Gasteiger partial charge is 0.181 e. The number of benzene rings is 1. The summed E-state index contributed by atoms with van der Waals surface area (Å²) in [5.74, 6) is 0.00422. The van der Waals surface area contributed by atoms with Crippen LogP contribution in [0, 0.1) is 0 Å². The van der Waals surface area contributed by atoms with Crippen molar-refractivity contribution in [3.63, 3.8) is 0 Å². The van der Waals surface area contributed by atoms with Gasteiger partial charge in [0.1, 0.15) is 30.0 Å². The van der Waals surface area contributed by atoms with Crippen molar-refractivity contribution in [3.8, 4) is 11.3 Å². The number of nitrogens with one attached hydrogen (secondary N) is 2. The minimum Gasteiger partial charge on any atom is -0.375 e. The highest BCUT2D eigenvalue weighted by molar-refractivity contribution is 7.80. The summed E-state index contributed by atoms with van der Waals surface area (Å²) in [5.41, 5.74) is 2.41. The molecule has 1 saturated carbocycles. The van der Waals surface area contributed by atoms with Crippen LogP contribution >= 0.6 is 12.2 Å². The van der Waals surface area contributed by atoms with Gasteiger partial charge in [-0.2, -0.15) is 5.10 Å². The van der Waals surface area contributed by atoms with E-state index in [0.717, 1.165) is 21.6 Å². The molecule has 2 aromatic heterocycles. The summed E-state index contributed by atoms with van der Waals surface area (Å²) in [6, 6.07) is 10.5. The van der Waals surface area contributed by atoms with Crippen molar-refractivity contribution < 1.29 is 14.2 Å². The SMILES string of the molecule is C[C@H]1O[C@@H](n2nc(-c3ccccc3)c3c(NCC(=S)NC4CC4)ncnc32)[C@@H]2OC(C)(C)O[C@@H]21. The second kappa shape index (κ2) is 8.23. The molecule has 6 rings (SSSR count). The van der Waals surface area contributed by atoms with E-state index >= 15 is 0 Å². The van der Waals surface area contributed by atoms with Gasteiger partial charge in [0.2, 0.25) is 0 Å². The van der Waals surface area contributed by atoms with Crippen LogP contribution in [0.25, 0.3) is 22.3 Å². The minimum absolute atomic E-state index is 0.137. The van der Waals surface area contributed by atoms with Gasteiger partial charge in [0.05, 0.1) is 23.0 Å². The summed E-state index contributed by atoms with van der Waals surface area (Å²) < 4.78 is 20.5. The molecule has 0 radical (unpaired) electrons. The number of aromatic nitrogens is 4. The van der Waals surface area contributed by atoms with E-state index in [1.807, 2.05) is 55.8 Å². The molecule has 4 heterocycles. The number of ether oxygens (including phenoxy) is 3. The summed E-state index contributed by atoms with van der Waals surface area (Å²) in [6.07, 6.45) is 2.81. The first kappa shape index (κ1) is 21.8. The van der Waals surface area contributed by atoms with Crippen LogP contribution < -0.4 is 10.6 Å². The summed E-state index contributed by atoms with van der Waals surface area (Å²) in [7, 11) is 0. The lowest BCUT2D eigenvalue weighted by Gasteiger charge is -2.23. The Balaban J connectivity index is 1.41. The van der Waals surface area contributed by atoms with Crippen LogP contribution in [0.1, 0.15) is 39.8 Å². The minimum atomic E-state index is -0.678. The second-order valence-electron chi connectivity index (χ2n) is 9.57. The van der Waals surface area contributed by atoms with E-state index < -0.39 is 12.0 Å². The van der Waals surface area contributed by atoms with E-state index in [1.165, 1.54) is 12.8 Å². The summed E-state index contributed by atoms with van der Waals surface area (Å²) in [6.45, 7) is 6.34. The average Bonchev–Trinajstić information content (AvgIpc) is 3.35. The number of nitrogens with zero attached hydrogens (tertiary/aromatic N) is 4. The van der Waals surface area contributed by atoms with Crippen LogP contribution in [0.3, 0.4) is 0 Å². The number of hydrogen-bond donors (Lipinski definition) is 2. The van der Waals surface area contributed by atoms with Gasteiger partial charge in [0, 0.05) is 11.6 Å². The number of thiocarbonyl (C=S) groups is 1. The first-order chi connectivity index (χ1) is 16.4. The standard InChI is InChI=1S/C24H28N6O3S/c1-13-19-20(33-24(2,3)32-19)23(31-13)30-22-17(18(29-30)14-7-5-4-6-8-14)21(26-12-27-22)25-11-16(34)28-15-9-10-15/h4-8,12-13,15,19-20,23H,9-11H2,1-3H3,(H,28,34)(H,25,26,27)/t13-,19-,20-,23-/m1/s1. The summed E-state index contributed by atoms with van der Waals surface area (Å²) in [5, 5.41) is 12.6. The Morgan fingerprint density at radius 1 is 1.15 bits per heavy atom. The fourth-order valence-corrected chi connectivity index (χ4v) is 4.96. The maximum atomic E-state index is 6.29. The van der Waals surface area contributed by atoms with Crippen molar-refractivity contribution in [3.05, 3.63) is 36.7 Å². The van der Waals surface area contributed by atoms with Crippen LogP contribution in [-0.4, -0.2) is 61.4 Å². The zero-order valence-corrected chi connectivity index (χ0v) is 20.2. The number of rotatable bonds is 6. The third kappa shape index (κ3) is 3.94. The Morgan fingerprint density at radius 2 is 1.91 bits per heavy atom. The maximum absolute atomic E-state index is 6.29. The third-order valence-electron chi connectivity index (χ3n) is 6.40. The van der Waals surface area contributed by atoms with Crippen molar-refractivity contribution in [1.29, 1.82) is 0 Å². The molecule has 1 aliphatic carbocycles. The molecule has 3 fully saturated rings. The molecule has 0 bridgehead atoms. The molecule has 0 spiro atoms. The molecule has 34 heavy (non-hydrogen) atoms. The molecule has 9 nitrogen and oxygen atoms in total. The quantitative estimate of drug-likeness (QED) is 0.515. The Labute approximate surface area is 203 Å². The first-order valence-corrected chi connectivity index (χ1v) is 12.1. The van der Waals surface area contributed by atoms with Crippen LogP contribution in [-0.2, 0) is 14.2 Å². The first-order valence-electron chi connectivity index (χ1n) is 11.7. The molecule has 0 amide bonds. The Bertz CT molecular complexity index is 1230. The molecule has 2 aliphatic heterocycles. The normalized spacial score (nSPS) is 27.6. The van der Waals surface area contributed by atoms with Gasteiger partial charge in [-0.25, -0.2) is 14.6 Å². The Kier molecular flexibility index (Phi) is 5.29. The molecule has 3 aliphatic rings. The van der Waals surface area contributed by atoms with Gasteiger partial charge < -0.3 is 24.8 Å². The highest BCUT2D eigenvalue weighted by Gasteiger charge is 2.55. The number of anilines is 1. The fourth-order valence-electron chi connectivity index (χ4n) is 4.73. The van der Waals surface area contributed by atoms with Crippen LogP contribution in [0.15, 0.2) is 36.7 Å². The molecular formula is C24H28N6O3S. The zero-order valence-electron chi connectivity index (χ0n) is 19.4. The molecule has 10 heteroatoms. The largest absolute Gasteiger partial charge is 0.375 e. The average molecular weight is 481 g/mol. The predicted molar refractivity (Wildman–Crippen MR) is 131 cm³/mol. The molecule has 2 N–H and O–H groups in total. The van der Waals surface area contributed by atoms with E-state index in [2.05, 4.69) is 20.6 Å². The van der Waals surface area contributed by atoms with Gasteiger partial charge in [0.15, 0.2) is 17.7 Å². The van der Waals surface area contributed by atoms with Crippen molar-refractivity contribution in [2.45, 2.75) is 70.0 Å². The van der Waals surface area contributed by atoms with Gasteiger partial charge in [-0.15, -0.1) is 0 Å². The van der Waals surface area contributed by atoms with E-state index in [1.54, 1.807) is 6.33 Å². The van der Waals surface area contributed by atoms with Crippen LogP contribution in [0.5, 0.6) is 0 Å². The highest BCUT2D eigenvalue weighted by Crippen LogP contribution is 2.44. The Morgan fingerprint density at radius 3 is 2.68 bits per heavy atom. The topological polar surface area (TPSA) is 95.4 Å². The van der Waals surface area contributed by atoms with Crippen molar-refractivity contribution in [2.75, 3.05) is 11.9 Å². The zero-order chi connectivity index (χ0) is 23.4. The Hall–Kier alpha value is -2.66. The van der Waals surface area contributed by atoms with Gasteiger partial charge in [-0.05, 0) is 33.6 Å². The van der Waals surface area contributed by atoms with Crippen molar-refractivity contribution in [2.24, 2.45) is 0 Å². The monoisotopic (exact) mass is 480 g/mol. The lowest BCUT2D eigenvalue weighted by molar-refractivity contribution is -0.195. The van der Waals surface area contributed by atoms with Gasteiger partial charge >= 0.3 is 0 Å². The lowest BCUT2D eigenvalue weighted by atomic mass is 10.1. The van der Waals surface area contributed by atoms with E-state index in [-0.39, 0.29) is 18.3 Å². The number of fused-ring (bicyclic) bond motifs is 2. The van der Waals surface area contributed by atoms with Gasteiger partial charge in [0.25, 0.3) is 0 Å². The highest BCUT2D eigenvalue weighted by atomic mass is 32.1. The van der Waals surface area contributed by atoms with Crippen molar-refractivity contribution in [1.82, 2.24) is 25.1 Å². The molecule has 3 aromatic rings. The molecule has 178 valence electrons. The van der Waals surface area contributed by atoms with E-state index in [9.17, 15) is 0 Å². The second-order valence-corrected chi connectivity index (χ2v) is 10.1. The molecule has 0 unspecified atom stereocenters. The van der Waals surface area contributed by atoms with Gasteiger partial charge in [-0.1, -0.05) is 42.5 Å². The fraction of sp³-hybridized carbons (Fsp3) is 0.500.